The first-order chi connectivity index (χ1) is 7.16. The van der Waals surface area contributed by atoms with Gasteiger partial charge in [-0.3, -0.25) is 0 Å². The van der Waals surface area contributed by atoms with Gasteiger partial charge in [0.2, 0.25) is 0 Å². The molecule has 4 nitrogen and oxygen atoms in total. The van der Waals surface area contributed by atoms with Gasteiger partial charge in [0.15, 0.2) is 0 Å². The third-order valence-corrected chi connectivity index (χ3v) is 3.20. The predicted molar refractivity (Wildman–Crippen MR) is 59.9 cm³/mol. The van der Waals surface area contributed by atoms with Gasteiger partial charge in [-0.05, 0) is 32.6 Å². The van der Waals surface area contributed by atoms with Crippen molar-refractivity contribution in [1.29, 1.82) is 0 Å². The summed E-state index contributed by atoms with van der Waals surface area (Å²) in [6.45, 7) is 1.92. The number of nitrogens with two attached hydrogens (primary N) is 1. The molecule has 1 aromatic rings. The maximum atomic E-state index is 5.88. The van der Waals surface area contributed by atoms with Gasteiger partial charge in [-0.15, -0.1) is 0 Å². The van der Waals surface area contributed by atoms with Gasteiger partial charge in [-0.2, -0.15) is 0 Å². The summed E-state index contributed by atoms with van der Waals surface area (Å²) in [6.07, 6.45) is 6.25. The summed E-state index contributed by atoms with van der Waals surface area (Å²) in [4.78, 5) is 6.38. The Morgan fingerprint density at radius 1 is 1.40 bits per heavy atom. The Hall–Kier alpha value is -1.03. The van der Waals surface area contributed by atoms with Gasteiger partial charge in [0, 0.05) is 19.1 Å². The molecule has 0 atom stereocenters. The average molecular weight is 209 g/mol. The van der Waals surface area contributed by atoms with Gasteiger partial charge < -0.3 is 15.1 Å². The van der Waals surface area contributed by atoms with Crippen LogP contribution in [0.3, 0.4) is 0 Å². The smallest absolute Gasteiger partial charge is 0.297 e. The van der Waals surface area contributed by atoms with Crippen LogP contribution in [0.25, 0.3) is 0 Å². The van der Waals surface area contributed by atoms with E-state index in [1.54, 1.807) is 6.20 Å². The Morgan fingerprint density at radius 3 is 2.60 bits per heavy atom. The maximum Gasteiger partial charge on any atom is 0.297 e. The Morgan fingerprint density at radius 2 is 2.07 bits per heavy atom. The lowest BCUT2D eigenvalue weighted by Gasteiger charge is -2.32. The second-order valence-corrected chi connectivity index (χ2v) is 4.43. The first-order valence-electron chi connectivity index (χ1n) is 5.57. The van der Waals surface area contributed by atoms with Gasteiger partial charge >= 0.3 is 0 Å². The van der Waals surface area contributed by atoms with Gasteiger partial charge in [-0.1, -0.05) is 0 Å². The minimum atomic E-state index is 0.390. The number of anilines is 1. The van der Waals surface area contributed by atoms with Crippen molar-refractivity contribution in [2.24, 2.45) is 5.73 Å². The molecule has 0 aliphatic heterocycles. The van der Waals surface area contributed by atoms with Crippen molar-refractivity contribution in [2.45, 2.75) is 44.7 Å². The van der Waals surface area contributed by atoms with E-state index in [0.717, 1.165) is 37.5 Å². The Bertz CT molecular complexity index is 315. The number of oxazole rings is 1. The number of nitrogens with zero attached hydrogens (tertiary/aromatic N) is 2. The van der Waals surface area contributed by atoms with Crippen LogP contribution in [0.2, 0.25) is 0 Å². The number of aryl methyl sites for hydroxylation is 1. The van der Waals surface area contributed by atoms with E-state index >= 15 is 0 Å². The van der Waals surface area contributed by atoms with E-state index in [1.165, 1.54) is 0 Å². The minimum Gasteiger partial charge on any atom is -0.429 e. The third kappa shape index (κ3) is 2.31. The average Bonchev–Trinajstić information content (AvgIpc) is 2.65. The van der Waals surface area contributed by atoms with Crippen molar-refractivity contribution in [1.82, 2.24) is 4.98 Å². The molecular formula is C11H19N3O. The summed E-state index contributed by atoms with van der Waals surface area (Å²) in [6, 6.07) is 1.65. The lowest BCUT2D eigenvalue weighted by Crippen LogP contribution is -2.38. The largest absolute Gasteiger partial charge is 0.429 e. The van der Waals surface area contributed by atoms with E-state index in [2.05, 4.69) is 9.88 Å². The van der Waals surface area contributed by atoms with Crippen LogP contribution in [0, 0.1) is 6.92 Å². The third-order valence-electron chi connectivity index (χ3n) is 3.20. The standard InChI is InChI=1S/C11H19N3O/c1-8-7-13-11(15-8)14(2)10-5-3-9(12)4-6-10/h7,9-10H,3-6,12H2,1-2H3. The summed E-state index contributed by atoms with van der Waals surface area (Å²) in [5.41, 5.74) is 5.88. The molecule has 2 rings (SSSR count). The Kier molecular flexibility index (Phi) is 2.95. The topological polar surface area (TPSA) is 55.3 Å². The van der Waals surface area contributed by atoms with Crippen molar-refractivity contribution < 1.29 is 4.42 Å². The van der Waals surface area contributed by atoms with E-state index in [9.17, 15) is 0 Å². The Balaban J connectivity index is 1.99. The van der Waals surface area contributed by atoms with Crippen LogP contribution in [-0.4, -0.2) is 24.1 Å². The molecule has 0 unspecified atom stereocenters. The molecule has 84 valence electrons. The molecule has 0 radical (unpaired) electrons. The molecule has 0 aromatic carbocycles. The molecule has 0 saturated heterocycles. The van der Waals surface area contributed by atoms with Crippen LogP contribution in [0.4, 0.5) is 6.01 Å². The highest BCUT2D eigenvalue weighted by Gasteiger charge is 2.24. The molecule has 1 saturated carbocycles. The number of hydrogen-bond donors (Lipinski definition) is 1. The van der Waals surface area contributed by atoms with E-state index in [4.69, 9.17) is 10.2 Å². The molecular weight excluding hydrogens is 190 g/mol. The predicted octanol–water partition coefficient (Wildman–Crippen LogP) is 1.69. The fourth-order valence-electron chi connectivity index (χ4n) is 2.15. The fraction of sp³-hybridized carbons (Fsp3) is 0.727. The first-order valence-corrected chi connectivity index (χ1v) is 5.57. The SMILES string of the molecule is Cc1cnc(N(C)C2CCC(N)CC2)o1. The number of aromatic nitrogens is 1. The van der Waals surface area contributed by atoms with Crippen LogP contribution in [0.1, 0.15) is 31.4 Å². The summed E-state index contributed by atoms with van der Waals surface area (Å²) in [5, 5.41) is 0. The number of rotatable bonds is 2. The van der Waals surface area contributed by atoms with Gasteiger partial charge in [-0.25, -0.2) is 4.98 Å². The molecule has 0 amide bonds. The van der Waals surface area contributed by atoms with E-state index in [-0.39, 0.29) is 0 Å². The maximum absolute atomic E-state index is 5.88. The molecule has 1 aliphatic carbocycles. The number of hydrogen-bond acceptors (Lipinski definition) is 4. The molecule has 4 heteroatoms. The highest BCUT2D eigenvalue weighted by atomic mass is 16.4. The van der Waals surface area contributed by atoms with Crippen molar-refractivity contribution in [2.75, 3.05) is 11.9 Å². The molecule has 1 aliphatic rings. The normalized spacial score (nSPS) is 26.6. The Labute approximate surface area is 90.5 Å². The van der Waals surface area contributed by atoms with Gasteiger partial charge in [0.1, 0.15) is 5.76 Å². The molecule has 1 fully saturated rings. The highest BCUT2D eigenvalue weighted by molar-refractivity contribution is 5.26. The van der Waals surface area contributed by atoms with E-state index in [0.29, 0.717) is 12.1 Å². The van der Waals surface area contributed by atoms with Crippen molar-refractivity contribution in [3.8, 4) is 0 Å². The van der Waals surface area contributed by atoms with Crippen molar-refractivity contribution in [3.63, 3.8) is 0 Å². The zero-order valence-electron chi connectivity index (χ0n) is 9.44. The molecule has 15 heavy (non-hydrogen) atoms. The van der Waals surface area contributed by atoms with Gasteiger partial charge in [0.05, 0.1) is 6.20 Å². The molecule has 1 aromatic heterocycles. The molecule has 0 spiro atoms. The summed E-state index contributed by atoms with van der Waals surface area (Å²) < 4.78 is 5.51. The minimum absolute atomic E-state index is 0.390. The van der Waals surface area contributed by atoms with Crippen LogP contribution < -0.4 is 10.6 Å². The quantitative estimate of drug-likeness (QED) is 0.805. The molecule has 2 N–H and O–H groups in total. The van der Waals surface area contributed by atoms with E-state index < -0.39 is 0 Å². The zero-order valence-corrected chi connectivity index (χ0v) is 9.44. The van der Waals surface area contributed by atoms with E-state index in [1.807, 2.05) is 14.0 Å². The molecule has 1 heterocycles. The monoisotopic (exact) mass is 209 g/mol. The van der Waals surface area contributed by atoms with Crippen LogP contribution in [0.5, 0.6) is 0 Å². The highest BCUT2D eigenvalue weighted by Crippen LogP contribution is 2.25. The second-order valence-electron chi connectivity index (χ2n) is 4.43. The van der Waals surface area contributed by atoms with Crippen LogP contribution in [-0.2, 0) is 0 Å². The zero-order chi connectivity index (χ0) is 10.8. The van der Waals surface area contributed by atoms with Crippen molar-refractivity contribution in [3.05, 3.63) is 12.0 Å². The second kappa shape index (κ2) is 4.23. The van der Waals surface area contributed by atoms with Crippen molar-refractivity contribution >= 4 is 6.01 Å². The van der Waals surface area contributed by atoms with Gasteiger partial charge in [0.25, 0.3) is 6.01 Å². The van der Waals surface area contributed by atoms with Crippen LogP contribution in [0.15, 0.2) is 10.6 Å². The summed E-state index contributed by atoms with van der Waals surface area (Å²) in [7, 11) is 2.05. The first kappa shape index (κ1) is 10.5. The van der Waals surface area contributed by atoms with Crippen LogP contribution >= 0.6 is 0 Å². The lowest BCUT2D eigenvalue weighted by molar-refractivity contribution is 0.369. The fourth-order valence-corrected chi connectivity index (χ4v) is 2.15. The summed E-state index contributed by atoms with van der Waals surface area (Å²) >= 11 is 0. The molecule has 0 bridgehead atoms. The lowest BCUT2D eigenvalue weighted by atomic mass is 9.91. The summed E-state index contributed by atoms with van der Waals surface area (Å²) in [5.74, 6) is 0.865.